The predicted molar refractivity (Wildman–Crippen MR) is 81.0 cm³/mol. The Kier molecular flexibility index (Phi) is 5.02. The van der Waals surface area contributed by atoms with Gasteiger partial charge in [0.15, 0.2) is 0 Å². The van der Waals surface area contributed by atoms with Crippen molar-refractivity contribution < 1.29 is 0 Å². The van der Waals surface area contributed by atoms with E-state index in [1.165, 1.54) is 23.1 Å². The van der Waals surface area contributed by atoms with Crippen LogP contribution in [0.4, 0.5) is 0 Å². The first-order valence-corrected chi connectivity index (χ1v) is 7.75. The maximum absolute atomic E-state index is 4.39. The zero-order valence-electron chi connectivity index (χ0n) is 11.0. The van der Waals surface area contributed by atoms with E-state index in [2.05, 4.69) is 47.7 Å². The second-order valence-electron chi connectivity index (χ2n) is 4.55. The lowest BCUT2D eigenvalue weighted by molar-refractivity contribution is 0.539. The van der Waals surface area contributed by atoms with Gasteiger partial charge in [-0.15, -0.1) is 0 Å². The maximum Gasteiger partial charge on any atom is 0.0705 e. The van der Waals surface area contributed by atoms with Crippen LogP contribution in [0.15, 0.2) is 36.5 Å². The number of fused-ring (bicyclic) bond motifs is 1. The normalized spacial score (nSPS) is 12.8. The van der Waals surface area contributed by atoms with Crippen molar-refractivity contribution in [2.24, 2.45) is 0 Å². The first-order valence-electron chi connectivity index (χ1n) is 6.36. The Bertz CT molecular complexity index is 493. The monoisotopic (exact) mass is 260 g/mol. The zero-order chi connectivity index (χ0) is 12.8. The molecule has 0 fully saturated rings. The summed E-state index contributed by atoms with van der Waals surface area (Å²) in [6, 6.07) is 11.0. The molecule has 1 unspecified atom stereocenters. The number of nitrogens with one attached hydrogen (secondary N) is 1. The Labute approximate surface area is 113 Å². The standard InChI is InChI=1S/C15H20N2S/c1-12(8-10-18-2)17-11-13-7-9-16-15-6-4-3-5-14(13)15/h3-7,9,12,17H,8,10-11H2,1-2H3. The van der Waals surface area contributed by atoms with Gasteiger partial charge in [0.25, 0.3) is 0 Å². The van der Waals surface area contributed by atoms with Gasteiger partial charge in [0.05, 0.1) is 5.52 Å². The molecule has 0 amide bonds. The summed E-state index contributed by atoms with van der Waals surface area (Å²) >= 11 is 1.90. The van der Waals surface area contributed by atoms with Gasteiger partial charge in [-0.25, -0.2) is 0 Å². The van der Waals surface area contributed by atoms with Crippen molar-refractivity contribution >= 4 is 22.7 Å². The van der Waals surface area contributed by atoms with E-state index in [4.69, 9.17) is 0 Å². The van der Waals surface area contributed by atoms with Gasteiger partial charge in [-0.2, -0.15) is 11.8 Å². The molecule has 0 aliphatic rings. The summed E-state index contributed by atoms with van der Waals surface area (Å²) in [4.78, 5) is 4.39. The number of pyridine rings is 1. The average molecular weight is 260 g/mol. The smallest absolute Gasteiger partial charge is 0.0705 e. The highest BCUT2D eigenvalue weighted by Gasteiger charge is 2.04. The van der Waals surface area contributed by atoms with E-state index in [9.17, 15) is 0 Å². The molecule has 1 aromatic carbocycles. The van der Waals surface area contributed by atoms with Crippen LogP contribution in [0.25, 0.3) is 10.9 Å². The minimum absolute atomic E-state index is 0.560. The number of aromatic nitrogens is 1. The molecule has 18 heavy (non-hydrogen) atoms. The van der Waals surface area contributed by atoms with Crippen LogP contribution >= 0.6 is 11.8 Å². The van der Waals surface area contributed by atoms with Crippen LogP contribution in [-0.4, -0.2) is 23.0 Å². The molecular formula is C15H20N2S. The van der Waals surface area contributed by atoms with Gasteiger partial charge in [0.1, 0.15) is 0 Å². The lowest BCUT2D eigenvalue weighted by atomic mass is 10.1. The first kappa shape index (κ1) is 13.4. The molecule has 0 spiro atoms. The zero-order valence-corrected chi connectivity index (χ0v) is 11.8. The quantitative estimate of drug-likeness (QED) is 0.861. The summed E-state index contributed by atoms with van der Waals surface area (Å²) in [5.41, 5.74) is 2.41. The fourth-order valence-electron chi connectivity index (χ4n) is 1.99. The van der Waals surface area contributed by atoms with Crippen molar-refractivity contribution in [1.82, 2.24) is 10.3 Å². The van der Waals surface area contributed by atoms with Crippen LogP contribution in [0.2, 0.25) is 0 Å². The third kappa shape index (κ3) is 3.47. The van der Waals surface area contributed by atoms with Crippen molar-refractivity contribution in [3.05, 3.63) is 42.1 Å². The molecule has 2 nitrogen and oxygen atoms in total. The number of rotatable bonds is 6. The molecule has 0 aliphatic carbocycles. The van der Waals surface area contributed by atoms with Gasteiger partial charge in [0, 0.05) is 24.2 Å². The van der Waals surface area contributed by atoms with Crippen LogP contribution in [0.5, 0.6) is 0 Å². The molecule has 1 heterocycles. The van der Waals surface area contributed by atoms with E-state index in [0.29, 0.717) is 6.04 Å². The molecule has 1 aromatic heterocycles. The van der Waals surface area contributed by atoms with Gasteiger partial charge in [-0.1, -0.05) is 18.2 Å². The van der Waals surface area contributed by atoms with Gasteiger partial charge < -0.3 is 5.32 Å². The van der Waals surface area contributed by atoms with E-state index in [1.807, 2.05) is 24.0 Å². The molecule has 0 saturated carbocycles. The van der Waals surface area contributed by atoms with Crippen LogP contribution in [0.1, 0.15) is 18.9 Å². The van der Waals surface area contributed by atoms with Crippen molar-refractivity contribution in [1.29, 1.82) is 0 Å². The molecule has 96 valence electrons. The number of para-hydroxylation sites is 1. The van der Waals surface area contributed by atoms with Crippen molar-refractivity contribution in [2.75, 3.05) is 12.0 Å². The van der Waals surface area contributed by atoms with Crippen molar-refractivity contribution in [3.8, 4) is 0 Å². The summed E-state index contributed by atoms with van der Waals surface area (Å²) in [5, 5.41) is 4.84. The number of thioether (sulfide) groups is 1. The minimum Gasteiger partial charge on any atom is -0.310 e. The highest BCUT2D eigenvalue weighted by Crippen LogP contribution is 2.16. The van der Waals surface area contributed by atoms with Crippen LogP contribution in [-0.2, 0) is 6.54 Å². The Morgan fingerprint density at radius 3 is 2.94 bits per heavy atom. The van der Waals surface area contributed by atoms with Crippen LogP contribution in [0, 0.1) is 0 Å². The molecule has 0 aliphatic heterocycles. The van der Waals surface area contributed by atoms with Gasteiger partial charge in [0.2, 0.25) is 0 Å². The van der Waals surface area contributed by atoms with Crippen LogP contribution in [0.3, 0.4) is 0 Å². The second-order valence-corrected chi connectivity index (χ2v) is 5.54. The summed E-state index contributed by atoms with van der Waals surface area (Å²) in [7, 11) is 0. The average Bonchev–Trinajstić information content (AvgIpc) is 2.42. The number of hydrogen-bond acceptors (Lipinski definition) is 3. The number of benzene rings is 1. The Morgan fingerprint density at radius 2 is 2.11 bits per heavy atom. The second kappa shape index (κ2) is 6.76. The SMILES string of the molecule is CSCCC(C)NCc1ccnc2ccccc12. The summed E-state index contributed by atoms with van der Waals surface area (Å²) in [6.45, 7) is 3.16. The highest BCUT2D eigenvalue weighted by atomic mass is 32.2. The molecule has 1 N–H and O–H groups in total. The van der Waals surface area contributed by atoms with E-state index >= 15 is 0 Å². The van der Waals surface area contributed by atoms with E-state index in [-0.39, 0.29) is 0 Å². The fourth-order valence-corrected chi connectivity index (χ4v) is 2.58. The van der Waals surface area contributed by atoms with Crippen molar-refractivity contribution in [2.45, 2.75) is 25.9 Å². The molecule has 0 bridgehead atoms. The largest absolute Gasteiger partial charge is 0.310 e. The fraction of sp³-hybridized carbons (Fsp3) is 0.400. The Balaban J connectivity index is 2.03. The lowest BCUT2D eigenvalue weighted by Crippen LogP contribution is -2.26. The molecule has 1 atom stereocenters. The molecule has 3 heteroatoms. The number of hydrogen-bond donors (Lipinski definition) is 1. The third-order valence-corrected chi connectivity index (χ3v) is 3.78. The summed E-state index contributed by atoms with van der Waals surface area (Å²) in [5.74, 6) is 1.21. The Hall–Kier alpha value is -1.06. The minimum atomic E-state index is 0.560. The van der Waals surface area contributed by atoms with E-state index < -0.39 is 0 Å². The first-order chi connectivity index (χ1) is 8.81. The summed E-state index contributed by atoms with van der Waals surface area (Å²) in [6.07, 6.45) is 5.26. The van der Waals surface area contributed by atoms with Crippen LogP contribution < -0.4 is 5.32 Å². The van der Waals surface area contributed by atoms with Crippen molar-refractivity contribution in [3.63, 3.8) is 0 Å². The highest BCUT2D eigenvalue weighted by molar-refractivity contribution is 7.98. The molecular weight excluding hydrogens is 240 g/mol. The van der Waals surface area contributed by atoms with Gasteiger partial charge >= 0.3 is 0 Å². The third-order valence-electron chi connectivity index (χ3n) is 3.14. The molecule has 2 rings (SSSR count). The summed E-state index contributed by atoms with van der Waals surface area (Å²) < 4.78 is 0. The van der Waals surface area contributed by atoms with E-state index in [1.54, 1.807) is 0 Å². The molecule has 0 saturated heterocycles. The predicted octanol–water partition coefficient (Wildman–Crippen LogP) is 3.47. The molecule has 0 radical (unpaired) electrons. The van der Waals surface area contributed by atoms with Gasteiger partial charge in [-0.3, -0.25) is 4.98 Å². The maximum atomic E-state index is 4.39. The van der Waals surface area contributed by atoms with Gasteiger partial charge in [-0.05, 0) is 43.0 Å². The number of nitrogens with zero attached hydrogens (tertiary/aromatic N) is 1. The lowest BCUT2D eigenvalue weighted by Gasteiger charge is -2.14. The topological polar surface area (TPSA) is 24.9 Å². The molecule has 2 aromatic rings. The van der Waals surface area contributed by atoms with E-state index in [0.717, 1.165) is 12.1 Å². The Morgan fingerprint density at radius 1 is 1.28 bits per heavy atom.